The molecule has 0 aliphatic carbocycles. The molecule has 6 heterocycles. The first-order valence-electron chi connectivity index (χ1n) is 27.3. The molecule has 5 atom stereocenters. The summed E-state index contributed by atoms with van der Waals surface area (Å²) >= 11 is 1.58. The fourth-order valence-corrected chi connectivity index (χ4v) is 12.1. The molecule has 4 saturated heterocycles. The lowest BCUT2D eigenvalue weighted by molar-refractivity contribution is -0.144. The number of nitrogens with one attached hydrogen (secondary N) is 2. The number of phenolic OH excluding ortho intramolecular Hbond substituents is 1. The fourth-order valence-electron chi connectivity index (χ4n) is 11.3. The highest BCUT2D eigenvalue weighted by molar-refractivity contribution is 7.13. The first-order chi connectivity index (χ1) is 37.1. The number of rotatable bonds is 20. The fraction of sp³-hybridized carbons (Fsp3) is 0.500. The predicted octanol–water partition coefficient (Wildman–Crippen LogP) is 6.39. The van der Waals surface area contributed by atoms with Gasteiger partial charge >= 0.3 is 0 Å². The number of hydrogen-bond acceptors (Lipinski definition) is 15. The Hall–Kier alpha value is -6.83. The van der Waals surface area contributed by atoms with E-state index in [1.54, 1.807) is 23.5 Å². The number of hydrogen-bond donors (Lipinski definition) is 5. The number of thiazole rings is 1. The minimum atomic E-state index is -0.886. The number of unbranched alkanes of at least 4 members (excludes halogenated alkanes) is 3. The van der Waals surface area contributed by atoms with Crippen LogP contribution >= 0.6 is 11.3 Å². The van der Waals surface area contributed by atoms with Crippen LogP contribution in [0.2, 0.25) is 0 Å². The molecular weight excluding hydrogens is 995 g/mol. The molecule has 0 spiro atoms. The van der Waals surface area contributed by atoms with E-state index in [9.17, 15) is 29.4 Å². The lowest BCUT2D eigenvalue weighted by Gasteiger charge is -2.43. The van der Waals surface area contributed by atoms with Crippen molar-refractivity contribution in [1.82, 2.24) is 40.5 Å². The summed E-state index contributed by atoms with van der Waals surface area (Å²) in [6.07, 6.45) is 5.08. The number of aliphatic hydroxyl groups is 1. The number of aliphatic hydroxyl groups excluding tert-OH is 1. The molecule has 18 nitrogen and oxygen atoms in total. The van der Waals surface area contributed by atoms with E-state index in [1.807, 2.05) is 86.6 Å². The normalized spacial score (nSPS) is 20.1. The molecule has 4 aliphatic rings. The van der Waals surface area contributed by atoms with E-state index in [1.165, 1.54) is 4.90 Å². The molecule has 0 saturated carbocycles. The zero-order chi connectivity index (χ0) is 54.2. The average molecular weight is 1070 g/mol. The third-order valence-corrected chi connectivity index (χ3v) is 16.6. The second-order valence-electron chi connectivity index (χ2n) is 22.1. The van der Waals surface area contributed by atoms with Crippen LogP contribution in [0.25, 0.3) is 21.7 Å². The van der Waals surface area contributed by atoms with Gasteiger partial charge in [0.15, 0.2) is 5.82 Å². The number of piperazine rings is 2. The lowest BCUT2D eigenvalue weighted by atomic mass is 9.85. The molecule has 77 heavy (non-hydrogen) atoms. The number of benzene rings is 3. The standard InChI is InChI=1S/C58H75N11O7S/c1-38-53(77-37-61-38)40-20-18-39(19-21-40)33-60-56(74)49-31-44(70)36-68(49)57(75)54(58(2,3)4)62-51(72)16-7-5-6-8-17-52(73)66-26-24-65(25-27-66)28-29-76-45-13-11-12-41(30-45)69-42-22-23-43(69)35-67(34-42)48-32-47(63-64-55(48)59)46-14-9-10-15-50(46)71/h9-15,18-21,30,32,37,42-44,49,54,70-71H,5-8,16-17,22-29,31,33-36H2,1-4H3,(H2,59,64)(H,60,74)(H,62,72)/t42?,43?,44-,49+,54?/m1/s1. The first kappa shape index (κ1) is 54.9. The molecule has 9 rings (SSSR count). The Morgan fingerprint density at radius 2 is 1.60 bits per heavy atom. The summed E-state index contributed by atoms with van der Waals surface area (Å²) in [6.45, 7) is 13.7. The summed E-state index contributed by atoms with van der Waals surface area (Å²) in [4.78, 5) is 70.0. The van der Waals surface area contributed by atoms with Crippen molar-refractivity contribution in [2.75, 3.05) is 74.5 Å². The van der Waals surface area contributed by atoms with Crippen molar-refractivity contribution in [3.63, 3.8) is 0 Å². The van der Waals surface area contributed by atoms with Crippen LogP contribution < -0.4 is 30.9 Å². The van der Waals surface area contributed by atoms with E-state index in [0.717, 1.165) is 104 Å². The van der Waals surface area contributed by atoms with Crippen LogP contribution in [-0.2, 0) is 25.7 Å². The second-order valence-corrected chi connectivity index (χ2v) is 23.0. The molecule has 4 fully saturated rings. The molecule has 19 heteroatoms. The number of nitrogens with two attached hydrogens (primary N) is 1. The maximum atomic E-state index is 14.1. The minimum Gasteiger partial charge on any atom is -0.507 e. The number of amides is 4. The number of phenols is 1. The van der Waals surface area contributed by atoms with Gasteiger partial charge in [-0.1, -0.05) is 76.1 Å². The summed E-state index contributed by atoms with van der Waals surface area (Å²) in [7, 11) is 0. The van der Waals surface area contributed by atoms with Gasteiger partial charge in [-0.05, 0) is 79.5 Å². The number of aryl methyl sites for hydroxylation is 1. The van der Waals surface area contributed by atoms with E-state index < -0.39 is 23.6 Å². The molecule has 3 unspecified atom stereocenters. The van der Waals surface area contributed by atoms with Gasteiger partial charge in [0.25, 0.3) is 0 Å². The number of likely N-dealkylation sites (tertiary alicyclic amines) is 1. The van der Waals surface area contributed by atoms with E-state index >= 15 is 0 Å². The largest absolute Gasteiger partial charge is 0.507 e. The number of nitrogens with zero attached hydrogens (tertiary/aromatic N) is 8. The maximum absolute atomic E-state index is 14.1. The van der Waals surface area contributed by atoms with Gasteiger partial charge < -0.3 is 50.9 Å². The number of fused-ring (bicyclic) bond motifs is 2. The van der Waals surface area contributed by atoms with E-state index in [2.05, 4.69) is 58.7 Å². The molecule has 3 aromatic carbocycles. The molecule has 2 bridgehead atoms. The van der Waals surface area contributed by atoms with E-state index in [0.29, 0.717) is 61.7 Å². The molecule has 5 aromatic rings. The molecular formula is C58H75N11O7S. The van der Waals surface area contributed by atoms with Crippen LogP contribution in [0, 0.1) is 12.3 Å². The Labute approximate surface area is 456 Å². The highest BCUT2D eigenvalue weighted by atomic mass is 32.1. The van der Waals surface area contributed by atoms with Crippen LogP contribution in [0.5, 0.6) is 11.5 Å². The topological polar surface area (TPSA) is 223 Å². The Morgan fingerprint density at radius 1 is 0.870 bits per heavy atom. The molecule has 4 aliphatic heterocycles. The number of para-hydroxylation sites is 1. The predicted molar refractivity (Wildman–Crippen MR) is 299 cm³/mol. The number of ether oxygens (including phenoxy) is 1. The van der Waals surface area contributed by atoms with Crippen LogP contribution in [0.1, 0.15) is 89.8 Å². The van der Waals surface area contributed by atoms with Gasteiger partial charge in [-0.15, -0.1) is 21.5 Å². The van der Waals surface area contributed by atoms with Gasteiger partial charge in [0.1, 0.15) is 30.2 Å². The molecule has 6 N–H and O–H groups in total. The first-order valence-corrected chi connectivity index (χ1v) is 28.2. The molecule has 2 aromatic heterocycles. The summed E-state index contributed by atoms with van der Waals surface area (Å²) in [5.74, 6) is 0.562. The smallest absolute Gasteiger partial charge is 0.246 e. The summed E-state index contributed by atoms with van der Waals surface area (Å²) in [5, 5.41) is 35.5. The average Bonchev–Trinajstić information content (AvgIpc) is 4.14. The highest BCUT2D eigenvalue weighted by Crippen LogP contribution is 2.40. The van der Waals surface area contributed by atoms with Crippen molar-refractivity contribution in [2.24, 2.45) is 5.41 Å². The van der Waals surface area contributed by atoms with Gasteiger partial charge in [0.2, 0.25) is 23.6 Å². The summed E-state index contributed by atoms with van der Waals surface area (Å²) in [6, 6.07) is 24.2. The number of nitrogen functional groups attached to an aromatic ring is 1. The minimum absolute atomic E-state index is 0.0143. The van der Waals surface area contributed by atoms with Gasteiger partial charge in [-0.3, -0.25) is 24.1 Å². The number of β-amino-alcohol motifs (C(OH)–C–C–N with tert-alkyl or cyclic N) is 1. The number of carbonyl (C=O) groups is 4. The summed E-state index contributed by atoms with van der Waals surface area (Å²) in [5.41, 5.74) is 13.7. The maximum Gasteiger partial charge on any atom is 0.246 e. The van der Waals surface area contributed by atoms with Gasteiger partial charge in [0.05, 0.1) is 33.6 Å². The Bertz CT molecular complexity index is 2840. The number of aromatic hydroxyl groups is 1. The van der Waals surface area contributed by atoms with Crippen molar-refractivity contribution in [2.45, 2.75) is 122 Å². The van der Waals surface area contributed by atoms with Crippen LogP contribution in [-0.4, -0.2) is 153 Å². The third kappa shape index (κ3) is 13.5. The lowest BCUT2D eigenvalue weighted by Crippen LogP contribution is -2.57. The Balaban J connectivity index is 0.650. The Kier molecular flexibility index (Phi) is 17.6. The van der Waals surface area contributed by atoms with Crippen molar-refractivity contribution < 1.29 is 34.1 Å². The third-order valence-electron chi connectivity index (χ3n) is 15.6. The van der Waals surface area contributed by atoms with Gasteiger partial charge in [0, 0.05) is 108 Å². The monoisotopic (exact) mass is 1070 g/mol. The highest BCUT2D eigenvalue weighted by Gasteiger charge is 2.45. The Morgan fingerprint density at radius 3 is 2.30 bits per heavy atom. The van der Waals surface area contributed by atoms with Crippen LogP contribution in [0.4, 0.5) is 17.2 Å². The molecule has 410 valence electrons. The van der Waals surface area contributed by atoms with Gasteiger partial charge in [-0.25, -0.2) is 4.98 Å². The van der Waals surface area contributed by atoms with Crippen molar-refractivity contribution in [3.8, 4) is 33.2 Å². The molecule has 0 radical (unpaired) electrons. The zero-order valence-corrected chi connectivity index (χ0v) is 45.7. The van der Waals surface area contributed by atoms with Gasteiger partial charge in [-0.2, -0.15) is 0 Å². The number of anilines is 3. The van der Waals surface area contributed by atoms with E-state index in [4.69, 9.17) is 10.5 Å². The summed E-state index contributed by atoms with van der Waals surface area (Å²) < 4.78 is 6.31. The quantitative estimate of drug-likeness (QED) is 0.0533. The molecule has 4 amide bonds. The van der Waals surface area contributed by atoms with E-state index in [-0.39, 0.29) is 55.3 Å². The van der Waals surface area contributed by atoms with Crippen LogP contribution in [0.3, 0.4) is 0 Å². The second kappa shape index (κ2) is 24.7. The van der Waals surface area contributed by atoms with Crippen LogP contribution in [0.15, 0.2) is 84.4 Å². The zero-order valence-electron chi connectivity index (χ0n) is 44.9. The van der Waals surface area contributed by atoms with Crippen molar-refractivity contribution in [1.29, 1.82) is 0 Å². The SMILES string of the molecule is Cc1ncsc1-c1ccc(CNC(=O)[C@@H]2C[C@@H](O)CN2C(=O)C(NC(=O)CCCCCCC(=O)N2CCN(CCOc3cccc(N4C5CCC4CN(c4cc(-c6ccccc6O)nnc4N)C5)c3)CC2)C(C)(C)C)cc1. The van der Waals surface area contributed by atoms with Crippen molar-refractivity contribution in [3.05, 3.63) is 95.6 Å². The number of aromatic nitrogens is 3. The number of carbonyl (C=O) groups excluding carboxylic acids is 4. The van der Waals surface area contributed by atoms with Crippen molar-refractivity contribution >= 4 is 52.2 Å².